The molecule has 0 saturated heterocycles. The van der Waals surface area contributed by atoms with Gasteiger partial charge in [0.15, 0.2) is 0 Å². The second-order valence-electron chi connectivity index (χ2n) is 2.02. The van der Waals surface area contributed by atoms with Crippen molar-refractivity contribution in [1.82, 2.24) is 0 Å². The maximum absolute atomic E-state index is 10.00. The Labute approximate surface area is 53.5 Å². The minimum absolute atomic E-state index is 0.0208. The van der Waals surface area contributed by atoms with E-state index in [1.165, 1.54) is 0 Å². The highest BCUT2D eigenvalue weighted by atomic mass is 16.3. The summed E-state index contributed by atoms with van der Waals surface area (Å²) >= 11 is 0. The van der Waals surface area contributed by atoms with E-state index in [0.29, 0.717) is 0 Å². The molecule has 0 spiro atoms. The minimum Gasteiger partial charge on any atom is -0.287 e. The monoisotopic (exact) mass is 124 g/mol. The molecule has 0 aliphatic carbocycles. The van der Waals surface area contributed by atoms with Gasteiger partial charge >= 0.3 is 0 Å². The van der Waals surface area contributed by atoms with Gasteiger partial charge in [0.25, 0.3) is 0 Å². The van der Waals surface area contributed by atoms with E-state index >= 15 is 0 Å². The Morgan fingerprint density at radius 1 is 1.67 bits per heavy atom. The van der Waals surface area contributed by atoms with Crippen LogP contribution in [-0.4, -0.2) is 18.3 Å². The third-order valence-corrected chi connectivity index (χ3v) is 1.33. The molecule has 0 bridgehead atoms. The minimum atomic E-state index is -0.255. The van der Waals surface area contributed by atoms with Gasteiger partial charge in [-0.3, -0.25) is 4.99 Å². The van der Waals surface area contributed by atoms with Gasteiger partial charge in [0.1, 0.15) is 6.04 Å². The zero-order valence-electron chi connectivity index (χ0n) is 5.19. The molecule has 3 nitrogen and oxygen atoms in total. The van der Waals surface area contributed by atoms with Gasteiger partial charge < -0.3 is 0 Å². The highest BCUT2D eigenvalue weighted by Crippen LogP contribution is 2.06. The SMILES string of the molecule is CC1N=CC=CC1N=O. The lowest BCUT2D eigenvalue weighted by molar-refractivity contribution is 0.648. The van der Waals surface area contributed by atoms with Gasteiger partial charge in [-0.15, -0.1) is 0 Å². The average molecular weight is 124 g/mol. The van der Waals surface area contributed by atoms with Crippen LogP contribution in [0.4, 0.5) is 0 Å². The third kappa shape index (κ3) is 1.22. The maximum Gasteiger partial charge on any atom is 0.132 e. The molecule has 1 aliphatic rings. The molecule has 0 saturated carbocycles. The Morgan fingerprint density at radius 3 is 2.89 bits per heavy atom. The number of aliphatic imine (C=N–C) groups is 1. The molecule has 2 unspecified atom stereocenters. The molecule has 1 heterocycles. The van der Waals surface area contributed by atoms with Crippen molar-refractivity contribution in [2.45, 2.75) is 19.0 Å². The zero-order chi connectivity index (χ0) is 6.69. The summed E-state index contributed by atoms with van der Waals surface area (Å²) in [6.07, 6.45) is 5.18. The van der Waals surface area contributed by atoms with Crippen molar-refractivity contribution < 1.29 is 0 Å². The summed E-state index contributed by atoms with van der Waals surface area (Å²) in [5.41, 5.74) is 0. The van der Waals surface area contributed by atoms with Crippen molar-refractivity contribution in [1.29, 1.82) is 0 Å². The van der Waals surface area contributed by atoms with Gasteiger partial charge in [-0.05, 0) is 13.0 Å². The van der Waals surface area contributed by atoms with E-state index < -0.39 is 0 Å². The van der Waals surface area contributed by atoms with Gasteiger partial charge in [-0.25, -0.2) is 0 Å². The van der Waals surface area contributed by atoms with Crippen LogP contribution in [0, 0.1) is 4.91 Å². The number of allylic oxidation sites excluding steroid dienone is 1. The lowest BCUT2D eigenvalue weighted by Crippen LogP contribution is -2.18. The molecule has 1 aliphatic heterocycles. The van der Waals surface area contributed by atoms with Crippen LogP contribution < -0.4 is 0 Å². The number of nitrogens with zero attached hydrogens (tertiary/aromatic N) is 2. The van der Waals surface area contributed by atoms with Crippen molar-refractivity contribution in [3.8, 4) is 0 Å². The fourth-order valence-electron chi connectivity index (χ4n) is 0.721. The number of dihydropyridines is 1. The molecule has 0 aromatic rings. The van der Waals surface area contributed by atoms with E-state index in [2.05, 4.69) is 10.2 Å². The molecule has 0 N–H and O–H groups in total. The van der Waals surface area contributed by atoms with Crippen LogP contribution in [0.2, 0.25) is 0 Å². The highest BCUT2D eigenvalue weighted by molar-refractivity contribution is 5.72. The summed E-state index contributed by atoms with van der Waals surface area (Å²) < 4.78 is 0. The second-order valence-corrected chi connectivity index (χ2v) is 2.02. The molecule has 0 amide bonds. The molecule has 1 rings (SSSR count). The number of rotatable bonds is 1. The number of hydrogen-bond acceptors (Lipinski definition) is 3. The first-order valence-corrected chi connectivity index (χ1v) is 2.87. The molecule has 0 fully saturated rings. The molecular weight excluding hydrogens is 116 g/mol. The lowest BCUT2D eigenvalue weighted by Gasteiger charge is -2.10. The van der Waals surface area contributed by atoms with E-state index in [1.54, 1.807) is 18.4 Å². The van der Waals surface area contributed by atoms with Crippen LogP contribution in [0.1, 0.15) is 6.92 Å². The maximum atomic E-state index is 10.00. The van der Waals surface area contributed by atoms with Crippen molar-refractivity contribution in [3.05, 3.63) is 17.1 Å². The summed E-state index contributed by atoms with van der Waals surface area (Å²) in [6.45, 7) is 1.87. The summed E-state index contributed by atoms with van der Waals surface area (Å²) in [5, 5.41) is 2.88. The van der Waals surface area contributed by atoms with Crippen LogP contribution in [0.3, 0.4) is 0 Å². The van der Waals surface area contributed by atoms with Crippen LogP contribution in [0.25, 0.3) is 0 Å². The Kier molecular flexibility index (Phi) is 1.72. The standard InChI is InChI=1S/C6H8N2O/c1-5-6(8-9)3-2-4-7-5/h2-6H,1H3. The van der Waals surface area contributed by atoms with Gasteiger partial charge in [0.2, 0.25) is 0 Å². The number of hydrogen-bond donors (Lipinski definition) is 0. The van der Waals surface area contributed by atoms with E-state index in [0.717, 1.165) is 0 Å². The van der Waals surface area contributed by atoms with Crippen molar-refractivity contribution in [2.75, 3.05) is 0 Å². The van der Waals surface area contributed by atoms with E-state index in [4.69, 9.17) is 0 Å². The van der Waals surface area contributed by atoms with Crippen molar-refractivity contribution in [3.63, 3.8) is 0 Å². The van der Waals surface area contributed by atoms with E-state index in [1.807, 2.05) is 6.92 Å². The quantitative estimate of drug-likeness (QED) is 0.483. The molecule has 3 heteroatoms. The fourth-order valence-corrected chi connectivity index (χ4v) is 0.721. The number of nitroso groups, excluding NO2 is 1. The second kappa shape index (κ2) is 2.53. The predicted molar refractivity (Wildman–Crippen MR) is 36.7 cm³/mol. The van der Waals surface area contributed by atoms with Gasteiger partial charge in [-0.1, -0.05) is 11.3 Å². The van der Waals surface area contributed by atoms with Crippen LogP contribution in [0.15, 0.2) is 22.3 Å². The first-order valence-electron chi connectivity index (χ1n) is 2.87. The Hall–Kier alpha value is -0.990. The lowest BCUT2D eigenvalue weighted by atomic mass is 10.1. The summed E-state index contributed by atoms with van der Waals surface area (Å²) in [7, 11) is 0. The first-order chi connectivity index (χ1) is 4.34. The fraction of sp³-hybridized carbons (Fsp3) is 0.500. The van der Waals surface area contributed by atoms with Crippen LogP contribution >= 0.6 is 0 Å². The van der Waals surface area contributed by atoms with E-state index in [-0.39, 0.29) is 12.1 Å². The molecule has 0 radical (unpaired) electrons. The summed E-state index contributed by atoms with van der Waals surface area (Å²) in [5.74, 6) is 0. The van der Waals surface area contributed by atoms with Gasteiger partial charge in [-0.2, -0.15) is 4.91 Å². The Morgan fingerprint density at radius 2 is 2.44 bits per heavy atom. The summed E-state index contributed by atoms with van der Waals surface area (Å²) in [4.78, 5) is 14.0. The largest absolute Gasteiger partial charge is 0.287 e. The van der Waals surface area contributed by atoms with Crippen LogP contribution in [0.5, 0.6) is 0 Å². The Bertz CT molecular complexity index is 162. The average Bonchev–Trinajstić information content (AvgIpc) is 1.89. The molecule has 2 atom stereocenters. The zero-order valence-corrected chi connectivity index (χ0v) is 5.19. The predicted octanol–water partition coefficient (Wildman–Crippen LogP) is 1.15. The molecule has 9 heavy (non-hydrogen) atoms. The smallest absolute Gasteiger partial charge is 0.132 e. The van der Waals surface area contributed by atoms with E-state index in [9.17, 15) is 4.91 Å². The van der Waals surface area contributed by atoms with Crippen molar-refractivity contribution >= 4 is 6.21 Å². The first kappa shape index (κ1) is 6.13. The Balaban J connectivity index is 2.65. The van der Waals surface area contributed by atoms with Gasteiger partial charge in [0, 0.05) is 6.21 Å². The third-order valence-electron chi connectivity index (χ3n) is 1.33. The van der Waals surface area contributed by atoms with Gasteiger partial charge in [0.05, 0.1) is 6.04 Å². The molecule has 0 aromatic carbocycles. The molecule has 48 valence electrons. The molecular formula is C6H8N2O. The van der Waals surface area contributed by atoms with Crippen LogP contribution in [-0.2, 0) is 0 Å². The topological polar surface area (TPSA) is 41.8 Å². The summed E-state index contributed by atoms with van der Waals surface area (Å²) in [6, 6.07) is -0.234. The highest BCUT2D eigenvalue weighted by Gasteiger charge is 2.13. The van der Waals surface area contributed by atoms with Crippen molar-refractivity contribution in [2.24, 2.45) is 10.2 Å². The normalized spacial score (nSPS) is 32.6. The molecule has 0 aromatic heterocycles.